The van der Waals surface area contributed by atoms with Gasteiger partial charge in [0, 0.05) is 0 Å². The first-order chi connectivity index (χ1) is 10.1. The normalized spacial score (nSPS) is 10.2. The van der Waals surface area contributed by atoms with E-state index in [0.717, 1.165) is 11.3 Å². The molecule has 0 unspecified atom stereocenters. The summed E-state index contributed by atoms with van der Waals surface area (Å²) in [6.45, 7) is 4.76. The average molecular weight is 281 g/mol. The van der Waals surface area contributed by atoms with Crippen LogP contribution in [0, 0.1) is 11.3 Å². The fraction of sp³-hybridized carbons (Fsp3) is 0.278. The summed E-state index contributed by atoms with van der Waals surface area (Å²) >= 11 is 0. The third-order valence-electron chi connectivity index (χ3n) is 3.34. The maximum absolute atomic E-state index is 9.07. The first kappa shape index (κ1) is 14.9. The van der Waals surface area contributed by atoms with Crippen LogP contribution in [0.4, 0.5) is 0 Å². The molecule has 108 valence electrons. The van der Waals surface area contributed by atoms with Crippen molar-refractivity contribution < 1.29 is 9.47 Å². The van der Waals surface area contributed by atoms with Crippen molar-refractivity contribution in [3.05, 3.63) is 59.2 Å². The fourth-order valence-corrected chi connectivity index (χ4v) is 2.05. The van der Waals surface area contributed by atoms with Crippen molar-refractivity contribution in [3.63, 3.8) is 0 Å². The average Bonchev–Trinajstić information content (AvgIpc) is 2.52. The number of rotatable bonds is 5. The third kappa shape index (κ3) is 3.76. The Morgan fingerprint density at radius 3 is 2.38 bits per heavy atom. The van der Waals surface area contributed by atoms with Gasteiger partial charge in [0.1, 0.15) is 24.2 Å². The molecule has 21 heavy (non-hydrogen) atoms. The van der Waals surface area contributed by atoms with Crippen LogP contribution >= 0.6 is 0 Å². The summed E-state index contributed by atoms with van der Waals surface area (Å²) in [6.07, 6.45) is 0. The topological polar surface area (TPSA) is 42.2 Å². The van der Waals surface area contributed by atoms with E-state index in [1.54, 1.807) is 19.2 Å². The summed E-state index contributed by atoms with van der Waals surface area (Å²) in [5, 5.41) is 9.07. The quantitative estimate of drug-likeness (QED) is 0.822. The summed E-state index contributed by atoms with van der Waals surface area (Å²) in [4.78, 5) is 0. The Kier molecular flexibility index (Phi) is 4.84. The molecule has 0 amide bonds. The molecule has 0 atom stereocenters. The Morgan fingerprint density at radius 2 is 1.81 bits per heavy atom. The van der Waals surface area contributed by atoms with Crippen LogP contribution < -0.4 is 9.47 Å². The van der Waals surface area contributed by atoms with Crippen LogP contribution in [0.3, 0.4) is 0 Å². The second-order valence-electron chi connectivity index (χ2n) is 5.16. The molecule has 0 bridgehead atoms. The van der Waals surface area contributed by atoms with E-state index in [2.05, 4.69) is 32.0 Å². The van der Waals surface area contributed by atoms with Crippen molar-refractivity contribution in [2.75, 3.05) is 7.11 Å². The summed E-state index contributed by atoms with van der Waals surface area (Å²) in [5.74, 6) is 1.93. The smallest absolute Gasteiger partial charge is 0.136 e. The maximum atomic E-state index is 9.07. The number of hydrogen-bond acceptors (Lipinski definition) is 3. The molecule has 0 heterocycles. The maximum Gasteiger partial charge on any atom is 0.136 e. The lowest BCUT2D eigenvalue weighted by atomic mass is 10.0. The lowest BCUT2D eigenvalue weighted by Gasteiger charge is -2.10. The Labute approximate surface area is 125 Å². The first-order valence-electron chi connectivity index (χ1n) is 6.94. The van der Waals surface area contributed by atoms with Crippen molar-refractivity contribution in [2.45, 2.75) is 26.4 Å². The van der Waals surface area contributed by atoms with Crippen LogP contribution in [0.2, 0.25) is 0 Å². The summed E-state index contributed by atoms with van der Waals surface area (Å²) in [7, 11) is 1.56. The van der Waals surface area contributed by atoms with Crippen LogP contribution in [-0.2, 0) is 6.61 Å². The minimum absolute atomic E-state index is 0.430. The van der Waals surface area contributed by atoms with Gasteiger partial charge >= 0.3 is 0 Å². The molecule has 0 saturated heterocycles. The van der Waals surface area contributed by atoms with E-state index in [0.29, 0.717) is 23.8 Å². The number of nitrogens with zero attached hydrogens (tertiary/aromatic N) is 1. The molecular formula is C18H19NO2. The van der Waals surface area contributed by atoms with Crippen molar-refractivity contribution in [1.82, 2.24) is 0 Å². The molecule has 0 fully saturated rings. The molecule has 0 aromatic heterocycles. The highest BCUT2D eigenvalue weighted by Crippen LogP contribution is 2.22. The van der Waals surface area contributed by atoms with Gasteiger partial charge in [0.15, 0.2) is 0 Å². The molecule has 2 rings (SSSR count). The van der Waals surface area contributed by atoms with Gasteiger partial charge in [-0.3, -0.25) is 0 Å². The van der Waals surface area contributed by atoms with Crippen molar-refractivity contribution in [2.24, 2.45) is 0 Å². The second-order valence-corrected chi connectivity index (χ2v) is 5.16. The van der Waals surface area contributed by atoms with Gasteiger partial charge in [0.05, 0.1) is 12.7 Å². The summed E-state index contributed by atoms with van der Waals surface area (Å²) in [6, 6.07) is 15.7. The molecule has 0 saturated carbocycles. The first-order valence-corrected chi connectivity index (χ1v) is 6.94. The standard InChI is InChI=1S/C18H19NO2/c1-13(2)15-5-7-17(8-6-15)21-12-14-4-9-18(20-3)16(10-14)11-19/h4-10,13H,12H2,1-3H3. The zero-order chi connectivity index (χ0) is 15.2. The number of benzene rings is 2. The highest BCUT2D eigenvalue weighted by Gasteiger charge is 2.05. The van der Waals surface area contributed by atoms with E-state index in [-0.39, 0.29) is 0 Å². The molecule has 2 aromatic rings. The molecule has 3 nitrogen and oxygen atoms in total. The lowest BCUT2D eigenvalue weighted by molar-refractivity contribution is 0.306. The predicted octanol–water partition coefficient (Wildman–Crippen LogP) is 4.27. The van der Waals surface area contributed by atoms with E-state index < -0.39 is 0 Å². The molecule has 3 heteroatoms. The number of ether oxygens (including phenoxy) is 2. The fourth-order valence-electron chi connectivity index (χ4n) is 2.05. The van der Waals surface area contributed by atoms with Gasteiger partial charge in [-0.25, -0.2) is 0 Å². The minimum atomic E-state index is 0.430. The summed E-state index contributed by atoms with van der Waals surface area (Å²) in [5.41, 5.74) is 2.76. The van der Waals surface area contributed by atoms with Crippen LogP contribution in [0.1, 0.15) is 36.5 Å². The van der Waals surface area contributed by atoms with E-state index in [9.17, 15) is 0 Å². The second kappa shape index (κ2) is 6.81. The lowest BCUT2D eigenvalue weighted by Crippen LogP contribution is -1.97. The Hall–Kier alpha value is -2.47. The van der Waals surface area contributed by atoms with Crippen LogP contribution in [0.5, 0.6) is 11.5 Å². The van der Waals surface area contributed by atoms with E-state index in [4.69, 9.17) is 14.7 Å². The van der Waals surface area contributed by atoms with E-state index in [1.165, 1.54) is 5.56 Å². The van der Waals surface area contributed by atoms with Crippen LogP contribution in [-0.4, -0.2) is 7.11 Å². The third-order valence-corrected chi connectivity index (χ3v) is 3.34. The molecule has 0 N–H and O–H groups in total. The molecule has 0 spiro atoms. The molecule has 0 aliphatic heterocycles. The monoisotopic (exact) mass is 281 g/mol. The number of hydrogen-bond donors (Lipinski definition) is 0. The highest BCUT2D eigenvalue weighted by molar-refractivity contribution is 5.45. The number of nitriles is 1. The summed E-state index contributed by atoms with van der Waals surface area (Å²) < 4.78 is 10.9. The molecular weight excluding hydrogens is 262 g/mol. The van der Waals surface area contributed by atoms with Gasteiger partial charge in [0.2, 0.25) is 0 Å². The van der Waals surface area contributed by atoms with Crippen molar-refractivity contribution in [1.29, 1.82) is 5.26 Å². The van der Waals surface area contributed by atoms with Gasteiger partial charge < -0.3 is 9.47 Å². The largest absolute Gasteiger partial charge is 0.495 e. The Morgan fingerprint density at radius 1 is 1.10 bits per heavy atom. The van der Waals surface area contributed by atoms with Crippen LogP contribution in [0.25, 0.3) is 0 Å². The number of methoxy groups -OCH3 is 1. The molecule has 0 aliphatic rings. The molecule has 0 aliphatic carbocycles. The van der Waals surface area contributed by atoms with Gasteiger partial charge in [0.25, 0.3) is 0 Å². The van der Waals surface area contributed by atoms with Gasteiger partial charge in [-0.05, 0) is 41.3 Å². The van der Waals surface area contributed by atoms with Gasteiger partial charge in [-0.2, -0.15) is 5.26 Å². The molecule has 2 aromatic carbocycles. The SMILES string of the molecule is COc1ccc(COc2ccc(C(C)C)cc2)cc1C#N. The van der Waals surface area contributed by atoms with Crippen molar-refractivity contribution in [3.8, 4) is 17.6 Å². The zero-order valence-corrected chi connectivity index (χ0v) is 12.6. The minimum Gasteiger partial charge on any atom is -0.495 e. The van der Waals surface area contributed by atoms with Crippen molar-refractivity contribution >= 4 is 0 Å². The Balaban J connectivity index is 2.04. The van der Waals surface area contributed by atoms with E-state index >= 15 is 0 Å². The Bertz CT molecular complexity index is 639. The highest BCUT2D eigenvalue weighted by atomic mass is 16.5. The van der Waals surface area contributed by atoms with Gasteiger partial charge in [-0.15, -0.1) is 0 Å². The van der Waals surface area contributed by atoms with Gasteiger partial charge in [-0.1, -0.05) is 32.0 Å². The molecule has 0 radical (unpaired) electrons. The predicted molar refractivity (Wildman–Crippen MR) is 82.6 cm³/mol. The van der Waals surface area contributed by atoms with Crippen LogP contribution in [0.15, 0.2) is 42.5 Å². The van der Waals surface area contributed by atoms with E-state index in [1.807, 2.05) is 18.2 Å². The zero-order valence-electron chi connectivity index (χ0n) is 12.6.